The maximum absolute atomic E-state index is 13.4. The summed E-state index contributed by atoms with van der Waals surface area (Å²) in [4.78, 5) is 50.0. The molecule has 0 aromatic heterocycles. The highest BCUT2D eigenvalue weighted by atomic mass is 16.5. The van der Waals surface area contributed by atoms with Crippen molar-refractivity contribution >= 4 is 23.5 Å². The summed E-state index contributed by atoms with van der Waals surface area (Å²) in [6.45, 7) is 1.07. The Kier molecular flexibility index (Phi) is 9.31. The number of aryl methyl sites for hydroxylation is 1. The number of hydrogen-bond donors (Lipinski definition) is 4. The number of aliphatic carboxylic acids is 1. The molecule has 11 nitrogen and oxygen atoms in total. The van der Waals surface area contributed by atoms with Crippen molar-refractivity contribution < 1.29 is 33.7 Å². The molecule has 1 aliphatic carbocycles. The summed E-state index contributed by atoms with van der Waals surface area (Å²) >= 11 is 0. The van der Waals surface area contributed by atoms with E-state index < -0.39 is 29.4 Å². The molecule has 42 heavy (non-hydrogen) atoms. The standard InChI is InChI=1S/C31H33N3O8/c1-17(35)33-22-12-10-19-14-25(40-2)29(41-3)30(42-4)27(19)20-11-13-23(24(36)15-21(20)22)32-16-26(37)34-28(31(38)39)18-8-6-5-7-9-18/h5-9,11,13-15,22,28H,10,12,16H2,1-4H3,(H,32,36)(H,33,35)(H,34,37)(H,38,39)/t22-,28-/m0/s1. The van der Waals surface area contributed by atoms with E-state index in [1.165, 1.54) is 34.3 Å². The topological polar surface area (TPSA) is 152 Å². The van der Waals surface area contributed by atoms with Crippen LogP contribution in [0.1, 0.15) is 42.1 Å². The summed E-state index contributed by atoms with van der Waals surface area (Å²) in [5.74, 6) is -0.778. The highest BCUT2D eigenvalue weighted by Gasteiger charge is 2.29. The molecule has 11 heteroatoms. The van der Waals surface area contributed by atoms with Crippen LogP contribution >= 0.6 is 0 Å². The second kappa shape index (κ2) is 13.1. The van der Waals surface area contributed by atoms with Gasteiger partial charge in [-0.1, -0.05) is 36.4 Å². The van der Waals surface area contributed by atoms with Crippen molar-refractivity contribution in [3.63, 3.8) is 0 Å². The van der Waals surface area contributed by atoms with Crippen LogP contribution in [-0.2, 0) is 20.8 Å². The van der Waals surface area contributed by atoms with E-state index in [-0.39, 0.29) is 18.1 Å². The molecular weight excluding hydrogens is 542 g/mol. The molecule has 2 amide bonds. The minimum absolute atomic E-state index is 0.118. The fourth-order valence-corrected chi connectivity index (χ4v) is 5.17. The molecule has 2 atom stereocenters. The number of carboxylic acids is 1. The molecule has 4 N–H and O–H groups in total. The Morgan fingerprint density at radius 2 is 1.69 bits per heavy atom. The third-order valence-electron chi connectivity index (χ3n) is 7.04. The summed E-state index contributed by atoms with van der Waals surface area (Å²) in [7, 11) is 4.55. The molecule has 0 bridgehead atoms. The first-order valence-corrected chi connectivity index (χ1v) is 13.3. The quantitative estimate of drug-likeness (QED) is 0.286. The van der Waals surface area contributed by atoms with Crippen LogP contribution < -0.4 is 35.6 Å². The number of carbonyl (C=O) groups excluding carboxylic acids is 2. The highest BCUT2D eigenvalue weighted by Crippen LogP contribution is 2.50. The Hall–Kier alpha value is -5.06. The van der Waals surface area contributed by atoms with Gasteiger partial charge in [-0.2, -0.15) is 0 Å². The average Bonchev–Trinajstić information content (AvgIpc) is 3.22. The third-order valence-corrected chi connectivity index (χ3v) is 7.04. The predicted molar refractivity (Wildman–Crippen MR) is 156 cm³/mol. The lowest BCUT2D eigenvalue weighted by atomic mass is 9.95. The van der Waals surface area contributed by atoms with Gasteiger partial charge in [0.15, 0.2) is 17.5 Å². The van der Waals surface area contributed by atoms with Crippen molar-refractivity contribution in [3.05, 3.63) is 81.5 Å². The van der Waals surface area contributed by atoms with Gasteiger partial charge in [0.25, 0.3) is 0 Å². The van der Waals surface area contributed by atoms with Crippen LogP contribution in [0.3, 0.4) is 0 Å². The van der Waals surface area contributed by atoms with Crippen molar-refractivity contribution in [1.29, 1.82) is 0 Å². The lowest BCUT2D eigenvalue weighted by Gasteiger charge is -2.19. The number of rotatable bonds is 10. The van der Waals surface area contributed by atoms with Crippen LogP contribution in [0.15, 0.2) is 59.4 Å². The highest BCUT2D eigenvalue weighted by molar-refractivity contribution is 5.87. The van der Waals surface area contributed by atoms with Crippen LogP contribution in [0.5, 0.6) is 17.2 Å². The van der Waals surface area contributed by atoms with E-state index >= 15 is 0 Å². The van der Waals surface area contributed by atoms with Crippen LogP contribution in [0.25, 0.3) is 11.1 Å². The number of amides is 2. The molecule has 0 saturated heterocycles. The van der Waals surface area contributed by atoms with Gasteiger partial charge in [0, 0.05) is 12.5 Å². The van der Waals surface area contributed by atoms with E-state index in [2.05, 4.69) is 16.0 Å². The average molecular weight is 576 g/mol. The second-order valence-electron chi connectivity index (χ2n) is 9.70. The van der Waals surface area contributed by atoms with E-state index in [0.29, 0.717) is 52.3 Å². The van der Waals surface area contributed by atoms with Gasteiger partial charge in [0.05, 0.1) is 39.6 Å². The van der Waals surface area contributed by atoms with E-state index in [1.807, 2.05) is 6.07 Å². The number of benzene rings is 2. The maximum atomic E-state index is 13.4. The zero-order valence-electron chi connectivity index (χ0n) is 23.8. The van der Waals surface area contributed by atoms with Gasteiger partial charge in [-0.3, -0.25) is 14.4 Å². The molecule has 0 heterocycles. The Balaban J connectivity index is 1.73. The van der Waals surface area contributed by atoms with Gasteiger partial charge >= 0.3 is 5.97 Å². The molecule has 3 aromatic carbocycles. The molecule has 220 valence electrons. The zero-order valence-corrected chi connectivity index (χ0v) is 23.8. The summed E-state index contributed by atoms with van der Waals surface area (Å²) in [6.07, 6.45) is 1.06. The molecule has 0 spiro atoms. The van der Waals surface area contributed by atoms with Gasteiger partial charge < -0.3 is 35.3 Å². The number of fused-ring (bicyclic) bond motifs is 3. The van der Waals surface area contributed by atoms with Crippen LogP contribution in [0, 0.1) is 0 Å². The molecule has 0 aliphatic heterocycles. The second-order valence-corrected chi connectivity index (χ2v) is 9.70. The SMILES string of the molecule is COc1cc2c(c(OC)c1OC)-c1ccc(NCC(=O)N[C@H](C(=O)O)c3ccccc3)c(=O)cc1[C@@H](NC(C)=O)CC2. The zero-order chi connectivity index (χ0) is 30.4. The Labute approximate surface area is 242 Å². The summed E-state index contributed by atoms with van der Waals surface area (Å²) in [5, 5.41) is 17.9. The van der Waals surface area contributed by atoms with E-state index in [9.17, 15) is 24.3 Å². The van der Waals surface area contributed by atoms with Crippen LogP contribution in [0.4, 0.5) is 5.69 Å². The van der Waals surface area contributed by atoms with Gasteiger partial charge in [-0.25, -0.2) is 4.79 Å². The number of carbonyl (C=O) groups is 3. The fraction of sp³-hybridized carbons (Fsp3) is 0.290. The number of carboxylic acid groups (broad SMARTS) is 1. The number of ether oxygens (including phenoxy) is 3. The number of methoxy groups -OCH3 is 3. The molecule has 4 rings (SSSR count). The normalized spacial score (nSPS) is 14.2. The number of nitrogens with one attached hydrogen (secondary N) is 3. The molecule has 0 unspecified atom stereocenters. The van der Waals surface area contributed by atoms with E-state index in [1.54, 1.807) is 42.5 Å². The minimum atomic E-state index is -1.25. The molecule has 0 radical (unpaired) electrons. The van der Waals surface area contributed by atoms with Crippen molar-refractivity contribution in [1.82, 2.24) is 10.6 Å². The fourth-order valence-electron chi connectivity index (χ4n) is 5.17. The lowest BCUT2D eigenvalue weighted by molar-refractivity contribution is -0.141. The Morgan fingerprint density at radius 3 is 2.31 bits per heavy atom. The predicted octanol–water partition coefficient (Wildman–Crippen LogP) is 3.22. The van der Waals surface area contributed by atoms with Gasteiger partial charge in [-0.15, -0.1) is 0 Å². The molecule has 1 aliphatic rings. The maximum Gasteiger partial charge on any atom is 0.330 e. The minimum Gasteiger partial charge on any atom is -0.493 e. The van der Waals surface area contributed by atoms with Crippen LogP contribution in [0.2, 0.25) is 0 Å². The van der Waals surface area contributed by atoms with E-state index in [4.69, 9.17) is 14.2 Å². The van der Waals surface area contributed by atoms with Crippen LogP contribution in [-0.4, -0.2) is 50.8 Å². The Morgan fingerprint density at radius 1 is 0.976 bits per heavy atom. The Bertz CT molecular complexity index is 1560. The van der Waals surface area contributed by atoms with Crippen molar-refractivity contribution in [2.45, 2.75) is 31.8 Å². The smallest absolute Gasteiger partial charge is 0.330 e. The summed E-state index contributed by atoms with van der Waals surface area (Å²) in [6, 6.07) is 13.2. The molecule has 3 aromatic rings. The molecule has 0 saturated carbocycles. The first kappa shape index (κ1) is 29.9. The van der Waals surface area contributed by atoms with Crippen molar-refractivity contribution in [2.75, 3.05) is 33.2 Å². The molecule has 0 fully saturated rings. The summed E-state index contributed by atoms with van der Waals surface area (Å²) in [5.41, 5.74) is 2.92. The van der Waals surface area contributed by atoms with E-state index in [0.717, 1.165) is 5.56 Å². The largest absolute Gasteiger partial charge is 0.493 e. The number of anilines is 1. The lowest BCUT2D eigenvalue weighted by Crippen LogP contribution is -2.37. The third kappa shape index (κ3) is 6.30. The number of hydrogen-bond acceptors (Lipinski definition) is 8. The van der Waals surface area contributed by atoms with Gasteiger partial charge in [0.1, 0.15) is 0 Å². The van der Waals surface area contributed by atoms with Crippen molar-refractivity contribution in [2.24, 2.45) is 0 Å². The van der Waals surface area contributed by atoms with Gasteiger partial charge in [0.2, 0.25) is 23.0 Å². The first-order valence-electron chi connectivity index (χ1n) is 13.3. The molecular formula is C31H33N3O8. The van der Waals surface area contributed by atoms with Gasteiger partial charge in [-0.05, 0) is 53.3 Å². The summed E-state index contributed by atoms with van der Waals surface area (Å²) < 4.78 is 16.9. The monoisotopic (exact) mass is 575 g/mol. The first-order chi connectivity index (χ1) is 20.2. The van der Waals surface area contributed by atoms with Crippen molar-refractivity contribution in [3.8, 4) is 28.4 Å².